The SMILES string of the molecule is CC1CCOC(C2OC2C(C)(O)C(C)(C)CCC2=CCNC(N)=C2)(C2CC3CCC4=C5C(C(CCc6ccccc6)CC2(C)C53O)C2(C)CCC(O)CC2C4=O)C1. The highest BCUT2D eigenvalue weighted by Crippen LogP contribution is 2.76. The number of aryl methyl sites for hydroxylation is 1. The maximum Gasteiger partial charge on any atom is 0.162 e. The molecule has 8 aliphatic rings. The number of nitrogens with two attached hydrogens (primary N) is 1. The van der Waals surface area contributed by atoms with Crippen molar-refractivity contribution in [1.82, 2.24) is 5.32 Å². The van der Waals surface area contributed by atoms with Gasteiger partial charge in [0.25, 0.3) is 0 Å². The summed E-state index contributed by atoms with van der Waals surface area (Å²) in [5.74, 6) is 1.47. The van der Waals surface area contributed by atoms with Crippen LogP contribution in [0.25, 0.3) is 0 Å². The topological polar surface area (TPSA) is 138 Å². The van der Waals surface area contributed by atoms with Gasteiger partial charge in [0.1, 0.15) is 17.8 Å². The molecule has 14 unspecified atom stereocenters. The van der Waals surface area contributed by atoms with Gasteiger partial charge in [0.05, 0.1) is 23.1 Å². The summed E-state index contributed by atoms with van der Waals surface area (Å²) in [5, 5.41) is 40.7. The lowest BCUT2D eigenvalue weighted by molar-refractivity contribution is -0.205. The van der Waals surface area contributed by atoms with E-state index in [0.29, 0.717) is 37.6 Å². The summed E-state index contributed by atoms with van der Waals surface area (Å²) >= 11 is 0. The van der Waals surface area contributed by atoms with E-state index >= 15 is 0 Å². The van der Waals surface area contributed by atoms with Crippen molar-refractivity contribution in [3.63, 3.8) is 0 Å². The molecular formula is C49H70N2O6. The lowest BCUT2D eigenvalue weighted by Crippen LogP contribution is -2.67. The van der Waals surface area contributed by atoms with Gasteiger partial charge in [-0.1, -0.05) is 71.0 Å². The van der Waals surface area contributed by atoms with E-state index in [1.54, 1.807) is 0 Å². The zero-order chi connectivity index (χ0) is 40.3. The van der Waals surface area contributed by atoms with Crippen molar-refractivity contribution in [2.24, 2.45) is 57.5 Å². The number of benzene rings is 1. The molecule has 1 aromatic carbocycles. The molecule has 3 saturated carbocycles. The first-order valence-electron chi connectivity index (χ1n) is 22.6. The fourth-order valence-corrected chi connectivity index (χ4v) is 14.6. The van der Waals surface area contributed by atoms with Crippen molar-refractivity contribution < 1.29 is 29.6 Å². The van der Waals surface area contributed by atoms with Crippen LogP contribution in [0.5, 0.6) is 0 Å². The summed E-state index contributed by atoms with van der Waals surface area (Å²) in [5.41, 5.74) is 6.34. The maximum atomic E-state index is 14.8. The third kappa shape index (κ3) is 5.95. The van der Waals surface area contributed by atoms with Crippen LogP contribution in [0.15, 0.2) is 65.0 Å². The average Bonchev–Trinajstić information content (AvgIpc) is 3.96. The maximum absolute atomic E-state index is 14.8. The molecule has 0 radical (unpaired) electrons. The van der Waals surface area contributed by atoms with Crippen LogP contribution in [-0.4, -0.2) is 69.4 Å². The number of hydrogen-bond donors (Lipinski definition) is 5. The minimum absolute atomic E-state index is 0.00879. The Kier molecular flexibility index (Phi) is 9.65. The third-order valence-electron chi connectivity index (χ3n) is 18.2. The van der Waals surface area contributed by atoms with E-state index in [-0.39, 0.29) is 46.9 Å². The molecule has 9 rings (SSSR count). The number of aliphatic hydroxyl groups is 3. The Hall–Kier alpha value is -2.49. The molecule has 8 heteroatoms. The van der Waals surface area contributed by atoms with Gasteiger partial charge in [0.2, 0.25) is 0 Å². The van der Waals surface area contributed by atoms with Gasteiger partial charge in [0.15, 0.2) is 5.78 Å². The third-order valence-corrected chi connectivity index (χ3v) is 18.2. The van der Waals surface area contributed by atoms with Crippen LogP contribution >= 0.6 is 0 Å². The van der Waals surface area contributed by atoms with Gasteiger partial charge >= 0.3 is 0 Å². The molecule has 57 heavy (non-hydrogen) atoms. The normalized spacial score (nSPS) is 44.9. The first-order valence-corrected chi connectivity index (χ1v) is 22.6. The standard InChI is InChI=1S/C49H70N2O6/c1-29-19-23-56-48(27-29,43-42(57-43)47(6,54)44(2,3)20-16-31-18-22-51-38(50)24-31)37-25-33-14-15-35-40-39(45(4)21-17-34(52)26-36(45)41(35)53)32(28-46(37,5)49(33,40)55)13-12-30-10-8-7-9-11-30/h7-11,18,24,29,32-34,36-37,39,42-43,51-52,54-55H,12-17,19-23,25-28,50H2,1-6H3. The van der Waals surface area contributed by atoms with E-state index < -0.39 is 39.8 Å². The first kappa shape index (κ1) is 39.9. The summed E-state index contributed by atoms with van der Waals surface area (Å²) in [4.78, 5) is 14.8. The van der Waals surface area contributed by atoms with Crippen molar-refractivity contribution >= 4 is 5.78 Å². The van der Waals surface area contributed by atoms with Crippen molar-refractivity contribution in [2.45, 2.75) is 160 Å². The summed E-state index contributed by atoms with van der Waals surface area (Å²) in [6, 6.07) is 10.8. The molecule has 3 heterocycles. The molecular weight excluding hydrogens is 713 g/mol. The van der Waals surface area contributed by atoms with Crippen molar-refractivity contribution in [1.29, 1.82) is 0 Å². The van der Waals surface area contributed by atoms with Crippen LogP contribution in [0, 0.1) is 51.8 Å². The van der Waals surface area contributed by atoms with Crippen LogP contribution in [0.4, 0.5) is 0 Å². The lowest BCUT2D eigenvalue weighted by Gasteiger charge is -2.66. The number of nitrogens with one attached hydrogen (secondary N) is 1. The Morgan fingerprint density at radius 1 is 1.04 bits per heavy atom. The number of carbonyl (C=O) groups excluding carboxylic acids is 1. The van der Waals surface area contributed by atoms with Gasteiger partial charge in [-0.2, -0.15) is 0 Å². The van der Waals surface area contributed by atoms with Gasteiger partial charge in [-0.05, 0) is 159 Å². The monoisotopic (exact) mass is 783 g/mol. The molecule has 6 N–H and O–H groups in total. The Labute approximate surface area is 341 Å². The van der Waals surface area contributed by atoms with Crippen molar-refractivity contribution in [2.75, 3.05) is 13.2 Å². The Bertz CT molecular complexity index is 1850. The highest BCUT2D eigenvalue weighted by Gasteiger charge is 2.78. The molecule has 312 valence electrons. The number of dihydropyridines is 1. The summed E-state index contributed by atoms with van der Waals surface area (Å²) in [6.07, 6.45) is 13.6. The van der Waals surface area contributed by atoms with Crippen molar-refractivity contribution in [3.05, 3.63) is 70.6 Å². The van der Waals surface area contributed by atoms with Crippen LogP contribution in [0.2, 0.25) is 0 Å². The molecule has 3 aliphatic heterocycles. The van der Waals surface area contributed by atoms with Crippen LogP contribution < -0.4 is 11.1 Å². The number of fused-ring (bicyclic) bond motifs is 2. The molecule has 5 aliphatic carbocycles. The largest absolute Gasteiger partial charge is 0.393 e. The molecule has 0 bridgehead atoms. The minimum atomic E-state index is -1.13. The Balaban J connectivity index is 1.10. The minimum Gasteiger partial charge on any atom is -0.393 e. The Morgan fingerprint density at radius 3 is 2.54 bits per heavy atom. The molecule has 1 aromatic rings. The predicted octanol–water partition coefficient (Wildman–Crippen LogP) is 7.31. The second kappa shape index (κ2) is 13.8. The smallest absolute Gasteiger partial charge is 0.162 e. The van der Waals surface area contributed by atoms with Gasteiger partial charge in [-0.25, -0.2) is 0 Å². The van der Waals surface area contributed by atoms with Crippen LogP contribution in [0.3, 0.4) is 0 Å². The predicted molar refractivity (Wildman–Crippen MR) is 221 cm³/mol. The highest BCUT2D eigenvalue weighted by atomic mass is 16.6. The van der Waals surface area contributed by atoms with E-state index in [2.05, 4.69) is 76.3 Å². The number of allylic oxidation sites excluding steroid dienone is 3. The zero-order valence-corrected chi connectivity index (χ0v) is 35.5. The van der Waals surface area contributed by atoms with E-state index in [9.17, 15) is 20.1 Å². The molecule has 0 aromatic heterocycles. The summed E-state index contributed by atoms with van der Waals surface area (Å²) in [6.45, 7) is 14.7. The summed E-state index contributed by atoms with van der Waals surface area (Å²) < 4.78 is 14.1. The first-order chi connectivity index (χ1) is 27.0. The van der Waals surface area contributed by atoms with Crippen molar-refractivity contribution in [3.8, 4) is 0 Å². The number of carbonyl (C=O) groups is 1. The second-order valence-electron chi connectivity index (χ2n) is 21.6. The number of epoxide rings is 1. The fraction of sp³-hybridized carbons (Fsp3) is 0.735. The molecule has 5 fully saturated rings. The van der Waals surface area contributed by atoms with Gasteiger partial charge in [-0.3, -0.25) is 4.79 Å². The van der Waals surface area contributed by atoms with Gasteiger partial charge in [0, 0.05) is 24.5 Å². The second-order valence-corrected chi connectivity index (χ2v) is 21.6. The van der Waals surface area contributed by atoms with Gasteiger partial charge in [-0.15, -0.1) is 0 Å². The van der Waals surface area contributed by atoms with Gasteiger partial charge < -0.3 is 35.8 Å². The number of aliphatic hydroxyl groups excluding tert-OH is 1. The molecule has 0 spiro atoms. The highest BCUT2D eigenvalue weighted by molar-refractivity contribution is 6.00. The number of Topliss-reactive ketones (excluding diaryl/α,β-unsaturated/α-hetero) is 1. The fourth-order valence-electron chi connectivity index (χ4n) is 14.6. The average molecular weight is 783 g/mol. The van der Waals surface area contributed by atoms with E-state index in [1.807, 2.05) is 13.0 Å². The summed E-state index contributed by atoms with van der Waals surface area (Å²) in [7, 11) is 0. The van der Waals surface area contributed by atoms with Crippen LogP contribution in [-0.2, 0) is 20.7 Å². The number of ether oxygens (including phenoxy) is 2. The quantitative estimate of drug-likeness (QED) is 0.156. The van der Waals surface area contributed by atoms with E-state index in [4.69, 9.17) is 15.2 Å². The van der Waals surface area contributed by atoms with E-state index in [1.165, 1.54) is 11.1 Å². The Morgan fingerprint density at radius 2 is 1.81 bits per heavy atom. The number of hydrogen-bond acceptors (Lipinski definition) is 8. The molecule has 0 amide bonds. The number of ketones is 1. The molecule has 14 atom stereocenters. The number of rotatable bonds is 10. The van der Waals surface area contributed by atoms with Crippen LogP contribution in [0.1, 0.15) is 124 Å². The lowest BCUT2D eigenvalue weighted by atomic mass is 9.40. The molecule has 8 nitrogen and oxygen atoms in total. The van der Waals surface area contributed by atoms with E-state index in [0.717, 1.165) is 81.9 Å². The molecule has 2 saturated heterocycles. The zero-order valence-electron chi connectivity index (χ0n) is 35.5.